The van der Waals surface area contributed by atoms with Crippen LogP contribution in [0.2, 0.25) is 0 Å². The van der Waals surface area contributed by atoms with E-state index in [1.165, 1.54) is 17.4 Å². The lowest BCUT2D eigenvalue weighted by molar-refractivity contribution is 0.182. The summed E-state index contributed by atoms with van der Waals surface area (Å²) in [5.41, 5.74) is 6.17. The smallest absolute Gasteiger partial charge is 0.255 e. The van der Waals surface area contributed by atoms with Gasteiger partial charge in [0.1, 0.15) is 0 Å². The fourth-order valence-electron chi connectivity index (χ4n) is 4.52. The number of allylic oxidation sites excluding steroid dienone is 1. The van der Waals surface area contributed by atoms with Gasteiger partial charge < -0.3 is 4.98 Å². The third-order valence-corrected chi connectivity index (χ3v) is 7.53. The van der Waals surface area contributed by atoms with E-state index >= 15 is 0 Å². The first-order valence-corrected chi connectivity index (χ1v) is 12.3. The molecule has 6 nitrogen and oxygen atoms in total. The summed E-state index contributed by atoms with van der Waals surface area (Å²) in [6.45, 7) is 3.34. The van der Waals surface area contributed by atoms with Crippen LogP contribution < -0.4 is 5.56 Å². The SMILES string of the molecule is C.CS(=O)(=O)N1CCN(Cc2ccc3c(c2)C=C(c2cc4ccccc4[nH]c2=O)C3)CC1. The van der Waals surface area contributed by atoms with Gasteiger partial charge in [-0.1, -0.05) is 49.9 Å². The summed E-state index contributed by atoms with van der Waals surface area (Å²) in [6, 6.07) is 16.3. The highest BCUT2D eigenvalue weighted by Gasteiger charge is 2.24. The molecule has 0 bridgehead atoms. The molecular weight excluding hydrogens is 422 g/mol. The average molecular weight is 452 g/mol. The first kappa shape index (κ1) is 22.5. The summed E-state index contributed by atoms with van der Waals surface area (Å²) < 4.78 is 24.9. The van der Waals surface area contributed by atoms with Crippen molar-refractivity contribution in [2.24, 2.45) is 0 Å². The van der Waals surface area contributed by atoms with Crippen LogP contribution in [0.5, 0.6) is 0 Å². The van der Waals surface area contributed by atoms with E-state index in [0.717, 1.165) is 53.7 Å². The Hall–Kier alpha value is -2.74. The molecular formula is C25H29N3O3S. The Morgan fingerprint density at radius 2 is 1.75 bits per heavy atom. The Labute approximate surface area is 189 Å². The maximum atomic E-state index is 12.6. The van der Waals surface area contributed by atoms with E-state index in [2.05, 4.69) is 34.2 Å². The number of hydrogen-bond acceptors (Lipinski definition) is 4. The number of rotatable bonds is 4. The minimum atomic E-state index is -3.11. The van der Waals surface area contributed by atoms with Gasteiger partial charge in [-0.15, -0.1) is 0 Å². The number of sulfonamides is 1. The molecule has 1 aromatic heterocycles. The van der Waals surface area contributed by atoms with Crippen LogP contribution in [0.15, 0.2) is 53.3 Å². The molecule has 1 saturated heterocycles. The summed E-state index contributed by atoms with van der Waals surface area (Å²) >= 11 is 0. The number of nitrogens with zero attached hydrogens (tertiary/aromatic N) is 2. The van der Waals surface area contributed by atoms with Gasteiger partial charge in [-0.25, -0.2) is 8.42 Å². The number of hydrogen-bond donors (Lipinski definition) is 1. The molecule has 7 heteroatoms. The lowest BCUT2D eigenvalue weighted by atomic mass is 10.0. The molecule has 1 fully saturated rings. The van der Waals surface area contributed by atoms with Crippen LogP contribution >= 0.6 is 0 Å². The van der Waals surface area contributed by atoms with Gasteiger partial charge in [0.25, 0.3) is 5.56 Å². The molecule has 0 saturated carbocycles. The highest BCUT2D eigenvalue weighted by Crippen LogP contribution is 2.32. The molecule has 0 radical (unpaired) electrons. The third-order valence-electron chi connectivity index (χ3n) is 6.23. The maximum Gasteiger partial charge on any atom is 0.255 e. The molecule has 1 aliphatic heterocycles. The number of aromatic nitrogens is 1. The van der Waals surface area contributed by atoms with Gasteiger partial charge in [0.2, 0.25) is 10.0 Å². The van der Waals surface area contributed by atoms with E-state index in [0.29, 0.717) is 13.1 Å². The Bertz CT molecular complexity index is 1350. The largest absolute Gasteiger partial charge is 0.321 e. The monoisotopic (exact) mass is 451 g/mol. The number of fused-ring (bicyclic) bond motifs is 2. The van der Waals surface area contributed by atoms with Crippen molar-refractivity contribution < 1.29 is 8.42 Å². The Morgan fingerprint density at radius 1 is 1.00 bits per heavy atom. The maximum absolute atomic E-state index is 12.6. The van der Waals surface area contributed by atoms with E-state index in [9.17, 15) is 13.2 Å². The third kappa shape index (κ3) is 4.41. The van der Waals surface area contributed by atoms with Gasteiger partial charge >= 0.3 is 0 Å². The summed E-state index contributed by atoms with van der Waals surface area (Å²) in [4.78, 5) is 17.9. The molecule has 2 aromatic carbocycles. The number of H-pyrrole nitrogens is 1. The van der Waals surface area contributed by atoms with Crippen LogP contribution in [0.25, 0.3) is 22.6 Å². The molecule has 1 aliphatic carbocycles. The first-order valence-electron chi connectivity index (χ1n) is 10.5. The van der Waals surface area contributed by atoms with Crippen molar-refractivity contribution in [3.8, 4) is 0 Å². The number of benzene rings is 2. The van der Waals surface area contributed by atoms with Crippen LogP contribution in [0.4, 0.5) is 0 Å². The molecule has 5 rings (SSSR count). The second-order valence-electron chi connectivity index (χ2n) is 8.42. The molecule has 0 spiro atoms. The van der Waals surface area contributed by atoms with Crippen LogP contribution in [0.1, 0.15) is 29.7 Å². The highest BCUT2D eigenvalue weighted by molar-refractivity contribution is 7.88. The molecule has 0 unspecified atom stereocenters. The highest BCUT2D eigenvalue weighted by atomic mass is 32.2. The zero-order valence-corrected chi connectivity index (χ0v) is 18.3. The van der Waals surface area contributed by atoms with E-state index in [4.69, 9.17) is 0 Å². The topological polar surface area (TPSA) is 73.5 Å². The minimum absolute atomic E-state index is 0. The van der Waals surface area contributed by atoms with Gasteiger partial charge in [0.15, 0.2) is 0 Å². The Kier molecular flexibility index (Phi) is 6.07. The lowest BCUT2D eigenvalue weighted by Gasteiger charge is -2.33. The number of para-hydroxylation sites is 1. The standard InChI is InChI=1S/C24H25N3O3S.CH4/c1-31(29,30)27-10-8-26(9-11-27)16-17-6-7-18-13-21(14-20(18)12-17)22-15-19-4-2-3-5-23(19)25-24(22)28;/h2-7,12,14-15H,8-11,13,16H2,1H3,(H,25,28);1H4. The van der Waals surface area contributed by atoms with Gasteiger partial charge in [0, 0.05) is 43.8 Å². The number of aromatic amines is 1. The van der Waals surface area contributed by atoms with Gasteiger partial charge in [-0.3, -0.25) is 9.69 Å². The fourth-order valence-corrected chi connectivity index (χ4v) is 5.34. The predicted octanol–water partition coefficient (Wildman–Crippen LogP) is 3.34. The molecule has 0 atom stereocenters. The average Bonchev–Trinajstić information content (AvgIpc) is 3.16. The molecule has 2 aliphatic rings. The molecule has 1 N–H and O–H groups in total. The van der Waals surface area contributed by atoms with E-state index in [-0.39, 0.29) is 13.0 Å². The van der Waals surface area contributed by atoms with E-state index < -0.39 is 10.0 Å². The van der Waals surface area contributed by atoms with Gasteiger partial charge in [0.05, 0.1) is 6.26 Å². The van der Waals surface area contributed by atoms with Crippen molar-refractivity contribution in [1.29, 1.82) is 0 Å². The number of pyridine rings is 1. The quantitative estimate of drug-likeness (QED) is 0.660. The second kappa shape index (κ2) is 8.65. The van der Waals surface area contributed by atoms with Crippen LogP contribution in [0, 0.1) is 0 Å². The minimum Gasteiger partial charge on any atom is -0.321 e. The van der Waals surface area contributed by atoms with Crippen molar-refractivity contribution in [3.63, 3.8) is 0 Å². The van der Waals surface area contributed by atoms with Crippen molar-refractivity contribution in [2.75, 3.05) is 32.4 Å². The summed E-state index contributed by atoms with van der Waals surface area (Å²) in [6.07, 6.45) is 4.15. The molecule has 2 heterocycles. The molecule has 3 aromatic rings. The van der Waals surface area contributed by atoms with E-state index in [1.807, 2.05) is 30.3 Å². The Balaban J connectivity index is 0.00000245. The zero-order valence-electron chi connectivity index (χ0n) is 17.5. The second-order valence-corrected chi connectivity index (χ2v) is 10.4. The fraction of sp³-hybridized carbons (Fsp3) is 0.320. The normalized spacial score (nSPS) is 17.1. The Morgan fingerprint density at radius 3 is 2.50 bits per heavy atom. The molecule has 0 amide bonds. The zero-order chi connectivity index (χ0) is 21.6. The van der Waals surface area contributed by atoms with E-state index in [1.54, 1.807) is 4.31 Å². The van der Waals surface area contributed by atoms with Crippen molar-refractivity contribution in [2.45, 2.75) is 20.4 Å². The lowest BCUT2D eigenvalue weighted by Crippen LogP contribution is -2.47. The van der Waals surface area contributed by atoms with Crippen molar-refractivity contribution >= 4 is 32.6 Å². The van der Waals surface area contributed by atoms with Crippen molar-refractivity contribution in [3.05, 3.63) is 81.1 Å². The summed E-state index contributed by atoms with van der Waals surface area (Å²) in [5, 5.41) is 1.03. The number of nitrogens with one attached hydrogen (secondary N) is 1. The van der Waals surface area contributed by atoms with Crippen LogP contribution in [-0.2, 0) is 23.0 Å². The van der Waals surface area contributed by atoms with Gasteiger partial charge in [-0.05, 0) is 46.2 Å². The summed E-state index contributed by atoms with van der Waals surface area (Å²) in [5.74, 6) is 0. The number of piperazine rings is 1. The predicted molar refractivity (Wildman–Crippen MR) is 131 cm³/mol. The molecule has 32 heavy (non-hydrogen) atoms. The summed E-state index contributed by atoms with van der Waals surface area (Å²) in [7, 11) is -3.11. The van der Waals surface area contributed by atoms with Crippen LogP contribution in [0.3, 0.4) is 0 Å². The van der Waals surface area contributed by atoms with Crippen molar-refractivity contribution in [1.82, 2.24) is 14.2 Å². The molecule has 168 valence electrons. The van der Waals surface area contributed by atoms with Crippen LogP contribution in [-0.4, -0.2) is 55.0 Å². The first-order chi connectivity index (χ1) is 14.9. The van der Waals surface area contributed by atoms with Gasteiger partial charge in [-0.2, -0.15) is 4.31 Å².